The first-order valence-corrected chi connectivity index (χ1v) is 7.88. The van der Waals surface area contributed by atoms with Crippen LogP contribution in [0.5, 0.6) is 0 Å². The maximum absolute atomic E-state index is 12.3. The molecule has 0 aliphatic rings. The fraction of sp³-hybridized carbons (Fsp3) is 0.353. The van der Waals surface area contributed by atoms with E-state index in [0.29, 0.717) is 28.1 Å². The van der Waals surface area contributed by atoms with Crippen LogP contribution >= 0.6 is 11.6 Å². The van der Waals surface area contributed by atoms with E-state index in [-0.39, 0.29) is 5.91 Å². The Labute approximate surface area is 141 Å². The molecule has 1 aromatic heterocycles. The van der Waals surface area contributed by atoms with Crippen LogP contribution in [0.25, 0.3) is 0 Å². The number of aryl methyl sites for hydroxylation is 2. The van der Waals surface area contributed by atoms with Gasteiger partial charge in [0.2, 0.25) is 5.95 Å². The van der Waals surface area contributed by atoms with Gasteiger partial charge in [-0.05, 0) is 37.0 Å². The van der Waals surface area contributed by atoms with E-state index in [1.54, 1.807) is 0 Å². The van der Waals surface area contributed by atoms with Crippen molar-refractivity contribution in [2.24, 2.45) is 5.92 Å². The zero-order chi connectivity index (χ0) is 17.0. The molecule has 0 bridgehead atoms. The standard InChI is InChI=1S/C17H21ClN4O/c1-10(2)7-19-17-20-8-13(9-21-17)16(23)22-15-12(4)5-11(3)6-14(15)18/h5-6,8-10H,7H2,1-4H3,(H,22,23)(H,19,20,21). The molecule has 0 aliphatic carbocycles. The molecule has 1 amide bonds. The van der Waals surface area contributed by atoms with E-state index in [1.165, 1.54) is 12.4 Å². The Morgan fingerprint density at radius 3 is 2.43 bits per heavy atom. The molecule has 23 heavy (non-hydrogen) atoms. The molecular weight excluding hydrogens is 312 g/mol. The average molecular weight is 333 g/mol. The third kappa shape index (κ3) is 4.66. The summed E-state index contributed by atoms with van der Waals surface area (Å²) in [6, 6.07) is 3.79. The van der Waals surface area contributed by atoms with Gasteiger partial charge in [-0.15, -0.1) is 0 Å². The highest BCUT2D eigenvalue weighted by molar-refractivity contribution is 6.34. The van der Waals surface area contributed by atoms with Crippen molar-refractivity contribution >= 4 is 29.1 Å². The first-order valence-electron chi connectivity index (χ1n) is 7.51. The number of aromatic nitrogens is 2. The van der Waals surface area contributed by atoms with Crippen LogP contribution in [-0.4, -0.2) is 22.4 Å². The molecule has 1 heterocycles. The molecule has 0 saturated heterocycles. The summed E-state index contributed by atoms with van der Waals surface area (Å²) in [6.07, 6.45) is 3.00. The van der Waals surface area contributed by atoms with Gasteiger partial charge in [0.15, 0.2) is 0 Å². The monoisotopic (exact) mass is 332 g/mol. The Morgan fingerprint density at radius 1 is 1.22 bits per heavy atom. The average Bonchev–Trinajstić information content (AvgIpc) is 2.49. The van der Waals surface area contributed by atoms with Gasteiger partial charge in [-0.2, -0.15) is 0 Å². The zero-order valence-corrected chi connectivity index (χ0v) is 14.5. The van der Waals surface area contributed by atoms with Gasteiger partial charge in [0.25, 0.3) is 5.91 Å². The number of nitrogens with one attached hydrogen (secondary N) is 2. The molecule has 0 aliphatic heterocycles. The number of hydrogen-bond acceptors (Lipinski definition) is 4. The minimum absolute atomic E-state index is 0.283. The molecule has 0 spiro atoms. The smallest absolute Gasteiger partial charge is 0.258 e. The van der Waals surface area contributed by atoms with Gasteiger partial charge >= 0.3 is 0 Å². The van der Waals surface area contributed by atoms with Crippen LogP contribution in [0.1, 0.15) is 35.3 Å². The molecule has 2 rings (SSSR count). The topological polar surface area (TPSA) is 66.9 Å². The van der Waals surface area contributed by atoms with Gasteiger partial charge in [-0.1, -0.05) is 31.5 Å². The molecule has 2 aromatic rings. The molecule has 2 N–H and O–H groups in total. The van der Waals surface area contributed by atoms with Crippen molar-refractivity contribution in [3.8, 4) is 0 Å². The molecule has 0 saturated carbocycles. The van der Waals surface area contributed by atoms with Gasteiger partial charge in [-0.3, -0.25) is 4.79 Å². The van der Waals surface area contributed by atoms with Crippen molar-refractivity contribution in [2.75, 3.05) is 17.2 Å². The lowest BCUT2D eigenvalue weighted by Crippen LogP contribution is -2.15. The van der Waals surface area contributed by atoms with E-state index < -0.39 is 0 Å². The quantitative estimate of drug-likeness (QED) is 0.866. The minimum Gasteiger partial charge on any atom is -0.354 e. The van der Waals surface area contributed by atoms with Crippen LogP contribution in [0.3, 0.4) is 0 Å². The molecule has 5 nitrogen and oxygen atoms in total. The summed E-state index contributed by atoms with van der Waals surface area (Å²) < 4.78 is 0. The van der Waals surface area contributed by atoms with Crippen LogP contribution in [0, 0.1) is 19.8 Å². The van der Waals surface area contributed by atoms with Gasteiger partial charge in [0.1, 0.15) is 0 Å². The number of carbonyl (C=O) groups is 1. The van der Waals surface area contributed by atoms with E-state index in [1.807, 2.05) is 26.0 Å². The minimum atomic E-state index is -0.283. The van der Waals surface area contributed by atoms with E-state index in [4.69, 9.17) is 11.6 Å². The summed E-state index contributed by atoms with van der Waals surface area (Å²) in [7, 11) is 0. The predicted octanol–water partition coefficient (Wildman–Crippen LogP) is 4.07. The Kier molecular flexibility index (Phi) is 5.55. The molecule has 0 radical (unpaired) electrons. The lowest BCUT2D eigenvalue weighted by Gasteiger charge is -2.12. The van der Waals surface area contributed by atoms with Crippen LogP contribution in [0.2, 0.25) is 5.02 Å². The first kappa shape index (κ1) is 17.2. The second kappa shape index (κ2) is 7.42. The van der Waals surface area contributed by atoms with Crippen LogP contribution in [-0.2, 0) is 0 Å². The third-order valence-electron chi connectivity index (χ3n) is 3.25. The van der Waals surface area contributed by atoms with E-state index >= 15 is 0 Å². The number of hydrogen-bond donors (Lipinski definition) is 2. The van der Waals surface area contributed by atoms with Gasteiger partial charge in [0, 0.05) is 18.9 Å². The van der Waals surface area contributed by atoms with Crippen molar-refractivity contribution in [1.82, 2.24) is 9.97 Å². The Hall–Kier alpha value is -2.14. The van der Waals surface area contributed by atoms with Gasteiger partial charge in [-0.25, -0.2) is 9.97 Å². The van der Waals surface area contributed by atoms with E-state index in [2.05, 4.69) is 34.4 Å². The molecule has 1 aromatic carbocycles. The van der Waals surface area contributed by atoms with E-state index in [9.17, 15) is 4.79 Å². The van der Waals surface area contributed by atoms with Gasteiger partial charge in [0.05, 0.1) is 16.3 Å². The Bertz CT molecular complexity index is 675. The number of halogens is 1. The van der Waals surface area contributed by atoms with Crippen molar-refractivity contribution in [3.05, 3.63) is 46.2 Å². The molecule has 0 fully saturated rings. The van der Waals surface area contributed by atoms with Crippen molar-refractivity contribution < 1.29 is 4.79 Å². The van der Waals surface area contributed by atoms with E-state index in [0.717, 1.165) is 17.7 Å². The number of amides is 1. The summed E-state index contributed by atoms with van der Waals surface area (Å²) in [4.78, 5) is 20.6. The number of carbonyl (C=O) groups excluding carboxylic acids is 1. The highest BCUT2D eigenvalue weighted by atomic mass is 35.5. The maximum atomic E-state index is 12.3. The lowest BCUT2D eigenvalue weighted by molar-refractivity contribution is 0.102. The second-order valence-electron chi connectivity index (χ2n) is 5.96. The van der Waals surface area contributed by atoms with Crippen LogP contribution in [0.4, 0.5) is 11.6 Å². The summed E-state index contributed by atoms with van der Waals surface area (Å²) in [5, 5.41) is 6.45. The van der Waals surface area contributed by atoms with Crippen molar-refractivity contribution in [1.29, 1.82) is 0 Å². The van der Waals surface area contributed by atoms with Gasteiger partial charge < -0.3 is 10.6 Å². The second-order valence-corrected chi connectivity index (χ2v) is 6.37. The Morgan fingerprint density at radius 2 is 1.87 bits per heavy atom. The molecule has 122 valence electrons. The summed E-state index contributed by atoms with van der Waals surface area (Å²) in [6.45, 7) is 8.85. The van der Waals surface area contributed by atoms with Crippen LogP contribution < -0.4 is 10.6 Å². The fourth-order valence-electron chi connectivity index (χ4n) is 2.09. The largest absolute Gasteiger partial charge is 0.354 e. The predicted molar refractivity (Wildman–Crippen MR) is 94.2 cm³/mol. The third-order valence-corrected chi connectivity index (χ3v) is 3.55. The normalized spacial score (nSPS) is 10.7. The SMILES string of the molecule is Cc1cc(C)c(NC(=O)c2cnc(NCC(C)C)nc2)c(Cl)c1. The van der Waals surface area contributed by atoms with Crippen molar-refractivity contribution in [2.45, 2.75) is 27.7 Å². The summed E-state index contributed by atoms with van der Waals surface area (Å²) in [5.74, 6) is 0.724. The summed E-state index contributed by atoms with van der Waals surface area (Å²) >= 11 is 6.21. The summed E-state index contributed by atoms with van der Waals surface area (Å²) in [5.41, 5.74) is 2.97. The highest BCUT2D eigenvalue weighted by Crippen LogP contribution is 2.27. The maximum Gasteiger partial charge on any atom is 0.258 e. The number of benzene rings is 1. The molecular formula is C17H21ClN4O. The number of rotatable bonds is 5. The highest BCUT2D eigenvalue weighted by Gasteiger charge is 2.12. The fourth-order valence-corrected chi connectivity index (χ4v) is 2.46. The van der Waals surface area contributed by atoms with Crippen LogP contribution in [0.15, 0.2) is 24.5 Å². The number of anilines is 2. The molecule has 6 heteroatoms. The number of nitrogens with zero attached hydrogens (tertiary/aromatic N) is 2. The zero-order valence-electron chi connectivity index (χ0n) is 13.8. The molecule has 0 atom stereocenters. The Balaban J connectivity index is 2.09. The van der Waals surface area contributed by atoms with Crippen molar-refractivity contribution in [3.63, 3.8) is 0 Å². The molecule has 0 unspecified atom stereocenters. The lowest BCUT2D eigenvalue weighted by atomic mass is 10.1. The first-order chi connectivity index (χ1) is 10.9.